The van der Waals surface area contributed by atoms with Crippen molar-refractivity contribution in [3.63, 3.8) is 0 Å². The Morgan fingerprint density at radius 3 is 2.19 bits per heavy atom. The standard InChI is InChI=1S/C28H24ClFO2/c1-18-25(24-14-11-22(29)16-27(24)26(18)17-28(31)32)15-21-7-5-19(6-8-21)3-2-4-20-9-12-23(30)13-10-20/h5-16H,2-4,17H2,1H3,(H,31,32)/b25-15-. The summed E-state index contributed by atoms with van der Waals surface area (Å²) >= 11 is 6.18. The van der Waals surface area contributed by atoms with Crippen LogP contribution in [0.4, 0.5) is 4.39 Å². The molecule has 32 heavy (non-hydrogen) atoms. The van der Waals surface area contributed by atoms with Crippen LogP contribution >= 0.6 is 11.6 Å². The van der Waals surface area contributed by atoms with E-state index >= 15 is 0 Å². The van der Waals surface area contributed by atoms with Gasteiger partial charge in [0, 0.05) is 5.02 Å². The Morgan fingerprint density at radius 1 is 0.938 bits per heavy atom. The lowest BCUT2D eigenvalue weighted by atomic mass is 9.99. The molecule has 0 atom stereocenters. The Labute approximate surface area is 192 Å². The molecule has 3 aromatic rings. The molecule has 4 rings (SSSR count). The van der Waals surface area contributed by atoms with Crippen LogP contribution in [0.2, 0.25) is 5.02 Å². The van der Waals surface area contributed by atoms with Gasteiger partial charge in [-0.1, -0.05) is 54.1 Å². The van der Waals surface area contributed by atoms with Crippen molar-refractivity contribution in [3.05, 3.63) is 111 Å². The number of benzene rings is 3. The molecule has 1 N–H and O–H groups in total. The molecule has 1 aliphatic rings. The first-order chi connectivity index (χ1) is 15.4. The molecule has 0 amide bonds. The minimum absolute atomic E-state index is 0.0243. The Morgan fingerprint density at radius 2 is 1.56 bits per heavy atom. The maximum atomic E-state index is 13.0. The van der Waals surface area contributed by atoms with Crippen molar-refractivity contribution in [3.8, 4) is 0 Å². The van der Waals surface area contributed by atoms with Crippen LogP contribution in [0.15, 0.2) is 72.3 Å². The van der Waals surface area contributed by atoms with Crippen LogP contribution in [-0.4, -0.2) is 11.1 Å². The van der Waals surface area contributed by atoms with Crippen molar-refractivity contribution in [1.29, 1.82) is 0 Å². The highest BCUT2D eigenvalue weighted by Gasteiger charge is 2.25. The van der Waals surface area contributed by atoms with Crippen LogP contribution in [0.25, 0.3) is 17.2 Å². The molecule has 0 saturated carbocycles. The highest BCUT2D eigenvalue weighted by Crippen LogP contribution is 2.44. The predicted octanol–water partition coefficient (Wildman–Crippen LogP) is 7.46. The first-order valence-corrected chi connectivity index (χ1v) is 11.1. The number of hydrogen-bond donors (Lipinski definition) is 1. The third kappa shape index (κ3) is 5.00. The molecule has 162 valence electrons. The molecule has 0 saturated heterocycles. The van der Waals surface area contributed by atoms with E-state index in [2.05, 4.69) is 30.3 Å². The minimum Gasteiger partial charge on any atom is -0.481 e. The molecule has 2 nitrogen and oxygen atoms in total. The molecule has 1 aliphatic carbocycles. The first kappa shape index (κ1) is 22.0. The molecule has 0 heterocycles. The third-order valence-electron chi connectivity index (χ3n) is 5.92. The number of allylic oxidation sites excluding steroid dienone is 2. The Bertz CT molecular complexity index is 1210. The van der Waals surface area contributed by atoms with Gasteiger partial charge in [0.05, 0.1) is 6.42 Å². The number of carbonyl (C=O) groups is 1. The fourth-order valence-electron chi connectivity index (χ4n) is 4.23. The number of aryl methyl sites for hydroxylation is 2. The zero-order chi connectivity index (χ0) is 22.7. The highest BCUT2D eigenvalue weighted by molar-refractivity contribution is 6.31. The molecular weight excluding hydrogens is 423 g/mol. The Hall–Kier alpha value is -3.17. The van der Waals surface area contributed by atoms with E-state index in [1.807, 2.05) is 37.3 Å². The zero-order valence-corrected chi connectivity index (χ0v) is 18.6. The number of rotatable bonds is 7. The maximum absolute atomic E-state index is 13.0. The SMILES string of the molecule is CC1=C(CC(=O)O)c2cc(Cl)ccc2/C1=C\c1ccc(CCCc2ccc(F)cc2)cc1. The van der Waals surface area contributed by atoms with Gasteiger partial charge in [-0.15, -0.1) is 0 Å². The van der Waals surface area contributed by atoms with Gasteiger partial charge in [-0.3, -0.25) is 4.79 Å². The number of halogens is 2. The average molecular weight is 447 g/mol. The molecular formula is C28H24ClFO2. The highest BCUT2D eigenvalue weighted by atomic mass is 35.5. The average Bonchev–Trinajstić information content (AvgIpc) is 3.01. The molecule has 0 aliphatic heterocycles. The van der Waals surface area contributed by atoms with Crippen molar-refractivity contribution < 1.29 is 14.3 Å². The first-order valence-electron chi connectivity index (χ1n) is 10.7. The lowest BCUT2D eigenvalue weighted by Crippen LogP contribution is -1.96. The van der Waals surface area contributed by atoms with E-state index in [-0.39, 0.29) is 12.2 Å². The molecule has 0 radical (unpaired) electrons. The van der Waals surface area contributed by atoms with Gasteiger partial charge in [0.2, 0.25) is 0 Å². The normalized spacial score (nSPS) is 14.2. The predicted molar refractivity (Wildman–Crippen MR) is 129 cm³/mol. The second-order valence-electron chi connectivity index (χ2n) is 8.14. The summed E-state index contributed by atoms with van der Waals surface area (Å²) in [6.07, 6.45) is 4.96. The number of hydrogen-bond acceptors (Lipinski definition) is 1. The fourth-order valence-corrected chi connectivity index (χ4v) is 4.40. The molecule has 3 aromatic carbocycles. The van der Waals surface area contributed by atoms with Crippen molar-refractivity contribution in [2.45, 2.75) is 32.6 Å². The van der Waals surface area contributed by atoms with E-state index in [1.54, 1.807) is 0 Å². The largest absolute Gasteiger partial charge is 0.481 e. The monoisotopic (exact) mass is 446 g/mol. The van der Waals surface area contributed by atoms with Crippen molar-refractivity contribution in [2.24, 2.45) is 0 Å². The van der Waals surface area contributed by atoms with Gasteiger partial charge in [0.25, 0.3) is 0 Å². The van der Waals surface area contributed by atoms with Gasteiger partial charge >= 0.3 is 5.97 Å². The summed E-state index contributed by atoms with van der Waals surface area (Å²) in [7, 11) is 0. The minimum atomic E-state index is -0.850. The van der Waals surface area contributed by atoms with E-state index in [9.17, 15) is 14.3 Å². The molecule has 0 unspecified atom stereocenters. The summed E-state index contributed by atoms with van der Waals surface area (Å²) in [5, 5.41) is 9.95. The number of carboxylic acid groups (broad SMARTS) is 1. The number of carboxylic acids is 1. The fraction of sp³-hybridized carbons (Fsp3) is 0.179. The summed E-state index contributed by atoms with van der Waals surface area (Å²) < 4.78 is 13.0. The van der Waals surface area contributed by atoms with E-state index in [1.165, 1.54) is 17.7 Å². The Kier molecular flexibility index (Phi) is 6.57. The third-order valence-corrected chi connectivity index (χ3v) is 6.15. The van der Waals surface area contributed by atoms with Gasteiger partial charge in [0.1, 0.15) is 5.82 Å². The molecule has 0 spiro atoms. The zero-order valence-electron chi connectivity index (χ0n) is 17.9. The van der Waals surface area contributed by atoms with E-state index in [0.29, 0.717) is 5.02 Å². The van der Waals surface area contributed by atoms with Gasteiger partial charge in [0.15, 0.2) is 0 Å². The Balaban J connectivity index is 1.50. The van der Waals surface area contributed by atoms with Gasteiger partial charge in [-0.05, 0) is 101 Å². The summed E-state index contributed by atoms with van der Waals surface area (Å²) in [5.74, 6) is -1.05. The smallest absolute Gasteiger partial charge is 0.307 e. The second-order valence-corrected chi connectivity index (χ2v) is 8.58. The van der Waals surface area contributed by atoms with Crippen LogP contribution in [0.1, 0.15) is 47.6 Å². The van der Waals surface area contributed by atoms with Crippen molar-refractivity contribution in [1.82, 2.24) is 0 Å². The quantitative estimate of drug-likeness (QED) is 0.409. The lowest BCUT2D eigenvalue weighted by Gasteiger charge is -2.06. The van der Waals surface area contributed by atoms with Gasteiger partial charge in [-0.2, -0.15) is 0 Å². The van der Waals surface area contributed by atoms with Gasteiger partial charge < -0.3 is 5.11 Å². The van der Waals surface area contributed by atoms with Gasteiger partial charge in [-0.25, -0.2) is 4.39 Å². The van der Waals surface area contributed by atoms with Crippen LogP contribution in [-0.2, 0) is 17.6 Å². The molecule has 0 aromatic heterocycles. The summed E-state index contributed by atoms with van der Waals surface area (Å²) in [6.45, 7) is 1.97. The topological polar surface area (TPSA) is 37.3 Å². The number of aliphatic carboxylic acids is 1. The summed E-state index contributed by atoms with van der Waals surface area (Å²) in [4.78, 5) is 11.4. The molecule has 4 heteroatoms. The van der Waals surface area contributed by atoms with Crippen LogP contribution < -0.4 is 0 Å². The molecule has 0 fully saturated rings. The summed E-state index contributed by atoms with van der Waals surface area (Å²) in [5.41, 5.74) is 8.23. The van der Waals surface area contributed by atoms with Crippen LogP contribution in [0.5, 0.6) is 0 Å². The number of fused-ring (bicyclic) bond motifs is 1. The molecule has 0 bridgehead atoms. The van der Waals surface area contributed by atoms with Crippen molar-refractivity contribution >= 4 is 34.8 Å². The summed E-state index contributed by atoms with van der Waals surface area (Å²) in [6, 6.07) is 20.8. The van der Waals surface area contributed by atoms with E-state index in [0.717, 1.165) is 58.2 Å². The maximum Gasteiger partial charge on any atom is 0.307 e. The van der Waals surface area contributed by atoms with Crippen LogP contribution in [0, 0.1) is 5.82 Å². The lowest BCUT2D eigenvalue weighted by molar-refractivity contribution is -0.135. The van der Waals surface area contributed by atoms with E-state index in [4.69, 9.17) is 11.6 Å². The second kappa shape index (κ2) is 9.54. The van der Waals surface area contributed by atoms with Crippen LogP contribution in [0.3, 0.4) is 0 Å². The van der Waals surface area contributed by atoms with Crippen molar-refractivity contribution in [2.75, 3.05) is 0 Å². The van der Waals surface area contributed by atoms with E-state index < -0.39 is 5.97 Å².